The number of carboxylic acid groups (broad SMARTS) is 1. The first kappa shape index (κ1) is 13.9. The number of hydrogen-bond acceptors (Lipinski definition) is 3. The van der Waals surface area contributed by atoms with E-state index < -0.39 is 29.3 Å². The molecule has 8 heteroatoms. The van der Waals surface area contributed by atoms with Crippen LogP contribution in [-0.4, -0.2) is 28.5 Å². The molecule has 0 saturated heterocycles. The number of pyridine rings is 1. The standard InChI is InChI=1S/C10H9F3N2O3/c11-10(12,13)6-2-1-4-14-8(6)9(18)15-5-3-7(16)17/h1-2,4H,3,5H2,(H,15,18)(H,16,17). The Balaban J connectivity index is 2.83. The third-order valence-corrected chi connectivity index (χ3v) is 1.95. The van der Waals surface area contributed by atoms with Gasteiger partial charge in [-0.3, -0.25) is 14.6 Å². The van der Waals surface area contributed by atoms with Crippen molar-refractivity contribution in [1.29, 1.82) is 0 Å². The maximum Gasteiger partial charge on any atom is 0.418 e. The van der Waals surface area contributed by atoms with Crippen LogP contribution in [0, 0.1) is 0 Å². The highest BCUT2D eigenvalue weighted by Gasteiger charge is 2.35. The van der Waals surface area contributed by atoms with E-state index in [0.717, 1.165) is 18.3 Å². The van der Waals surface area contributed by atoms with E-state index in [2.05, 4.69) is 10.3 Å². The van der Waals surface area contributed by atoms with Gasteiger partial charge in [0.2, 0.25) is 0 Å². The molecule has 1 rings (SSSR count). The molecule has 1 aromatic rings. The van der Waals surface area contributed by atoms with Crippen LogP contribution in [-0.2, 0) is 11.0 Å². The minimum atomic E-state index is -4.69. The summed E-state index contributed by atoms with van der Waals surface area (Å²) in [6.07, 6.45) is -4.00. The van der Waals surface area contributed by atoms with Gasteiger partial charge in [0, 0.05) is 12.7 Å². The maximum atomic E-state index is 12.5. The average molecular weight is 262 g/mol. The van der Waals surface area contributed by atoms with Gasteiger partial charge in [-0.15, -0.1) is 0 Å². The highest BCUT2D eigenvalue weighted by atomic mass is 19.4. The second-order valence-corrected chi connectivity index (χ2v) is 3.30. The monoisotopic (exact) mass is 262 g/mol. The fourth-order valence-corrected chi connectivity index (χ4v) is 1.18. The molecule has 18 heavy (non-hydrogen) atoms. The van der Waals surface area contributed by atoms with E-state index in [-0.39, 0.29) is 13.0 Å². The Kier molecular flexibility index (Phi) is 4.24. The predicted octanol–water partition coefficient (Wildman–Crippen LogP) is 1.30. The Morgan fingerprint density at radius 1 is 1.39 bits per heavy atom. The van der Waals surface area contributed by atoms with Gasteiger partial charge in [0.05, 0.1) is 12.0 Å². The maximum absolute atomic E-state index is 12.5. The molecular formula is C10H9F3N2O3. The number of nitrogens with zero attached hydrogens (tertiary/aromatic N) is 1. The SMILES string of the molecule is O=C(O)CCNC(=O)c1ncccc1C(F)(F)F. The van der Waals surface area contributed by atoms with E-state index in [0.29, 0.717) is 0 Å². The number of nitrogens with one attached hydrogen (secondary N) is 1. The van der Waals surface area contributed by atoms with Crippen LogP contribution in [0.5, 0.6) is 0 Å². The fourth-order valence-electron chi connectivity index (χ4n) is 1.18. The smallest absolute Gasteiger partial charge is 0.418 e. The quantitative estimate of drug-likeness (QED) is 0.857. The lowest BCUT2D eigenvalue weighted by atomic mass is 10.1. The predicted molar refractivity (Wildman–Crippen MR) is 53.8 cm³/mol. The zero-order valence-corrected chi connectivity index (χ0v) is 8.99. The first-order chi connectivity index (χ1) is 8.32. The Morgan fingerprint density at radius 2 is 2.06 bits per heavy atom. The number of carbonyl (C=O) groups is 2. The number of alkyl halides is 3. The largest absolute Gasteiger partial charge is 0.481 e. The van der Waals surface area contributed by atoms with E-state index in [4.69, 9.17) is 5.11 Å². The van der Waals surface area contributed by atoms with Crippen molar-refractivity contribution >= 4 is 11.9 Å². The molecule has 0 aliphatic carbocycles. The first-order valence-electron chi connectivity index (χ1n) is 4.84. The molecule has 1 heterocycles. The lowest BCUT2D eigenvalue weighted by Crippen LogP contribution is -2.29. The molecule has 1 aromatic heterocycles. The van der Waals surface area contributed by atoms with Gasteiger partial charge in [0.1, 0.15) is 5.69 Å². The topological polar surface area (TPSA) is 79.3 Å². The van der Waals surface area contributed by atoms with E-state index in [1.807, 2.05) is 0 Å². The van der Waals surface area contributed by atoms with E-state index in [9.17, 15) is 22.8 Å². The van der Waals surface area contributed by atoms with Crippen LogP contribution < -0.4 is 5.32 Å². The van der Waals surface area contributed by atoms with Crippen LogP contribution in [0.15, 0.2) is 18.3 Å². The van der Waals surface area contributed by atoms with Crippen molar-refractivity contribution in [3.8, 4) is 0 Å². The molecule has 0 aliphatic heterocycles. The van der Waals surface area contributed by atoms with Crippen molar-refractivity contribution in [3.63, 3.8) is 0 Å². The van der Waals surface area contributed by atoms with Crippen molar-refractivity contribution in [2.24, 2.45) is 0 Å². The number of amides is 1. The first-order valence-corrected chi connectivity index (χ1v) is 4.84. The van der Waals surface area contributed by atoms with Crippen LogP contribution >= 0.6 is 0 Å². The molecule has 5 nitrogen and oxygen atoms in total. The summed E-state index contributed by atoms with van der Waals surface area (Å²) in [7, 11) is 0. The van der Waals surface area contributed by atoms with Gasteiger partial charge in [-0.2, -0.15) is 13.2 Å². The average Bonchev–Trinajstić information content (AvgIpc) is 2.27. The molecular weight excluding hydrogens is 253 g/mol. The number of halogens is 3. The number of hydrogen-bond donors (Lipinski definition) is 2. The minimum absolute atomic E-state index is 0.262. The van der Waals surface area contributed by atoms with Crippen LogP contribution in [0.1, 0.15) is 22.5 Å². The van der Waals surface area contributed by atoms with Crippen LogP contribution in [0.2, 0.25) is 0 Å². The summed E-state index contributed by atoms with van der Waals surface area (Å²) in [4.78, 5) is 25.0. The van der Waals surface area contributed by atoms with Gasteiger partial charge in [-0.05, 0) is 12.1 Å². The Hall–Kier alpha value is -2.12. The summed E-state index contributed by atoms with van der Waals surface area (Å²) in [5.74, 6) is -2.21. The van der Waals surface area contributed by atoms with Crippen LogP contribution in [0.25, 0.3) is 0 Å². The van der Waals surface area contributed by atoms with Crippen LogP contribution in [0.3, 0.4) is 0 Å². The van der Waals surface area contributed by atoms with Crippen LogP contribution in [0.4, 0.5) is 13.2 Å². The molecule has 0 radical (unpaired) electrons. The summed E-state index contributed by atoms with van der Waals surface area (Å²) < 4.78 is 37.6. The van der Waals surface area contributed by atoms with Gasteiger partial charge in [0.15, 0.2) is 0 Å². The minimum Gasteiger partial charge on any atom is -0.481 e. The lowest BCUT2D eigenvalue weighted by Gasteiger charge is -2.11. The number of carboxylic acids is 1. The van der Waals surface area contributed by atoms with Crippen molar-refractivity contribution in [2.45, 2.75) is 12.6 Å². The molecule has 1 amide bonds. The third-order valence-electron chi connectivity index (χ3n) is 1.95. The second kappa shape index (κ2) is 5.48. The van der Waals surface area contributed by atoms with Gasteiger partial charge in [-0.1, -0.05) is 0 Å². The second-order valence-electron chi connectivity index (χ2n) is 3.30. The molecule has 0 spiro atoms. The van der Waals surface area contributed by atoms with Crippen molar-refractivity contribution in [3.05, 3.63) is 29.6 Å². The van der Waals surface area contributed by atoms with E-state index >= 15 is 0 Å². The molecule has 0 saturated carbocycles. The summed E-state index contributed by atoms with van der Waals surface area (Å²) in [6, 6.07) is 1.80. The number of rotatable bonds is 4. The van der Waals surface area contributed by atoms with Gasteiger partial charge in [0.25, 0.3) is 5.91 Å². The summed E-state index contributed by atoms with van der Waals surface area (Å²) >= 11 is 0. The molecule has 0 aliphatic rings. The molecule has 0 bridgehead atoms. The zero-order valence-electron chi connectivity index (χ0n) is 8.99. The number of carbonyl (C=O) groups excluding carboxylic acids is 1. The molecule has 0 fully saturated rings. The molecule has 0 atom stereocenters. The number of aliphatic carboxylic acids is 1. The van der Waals surface area contributed by atoms with Crippen molar-refractivity contribution in [1.82, 2.24) is 10.3 Å². The Morgan fingerprint density at radius 3 is 2.61 bits per heavy atom. The zero-order chi connectivity index (χ0) is 13.8. The normalized spacial score (nSPS) is 11.1. The van der Waals surface area contributed by atoms with Crippen molar-refractivity contribution in [2.75, 3.05) is 6.54 Å². The highest BCUT2D eigenvalue weighted by molar-refractivity contribution is 5.94. The van der Waals surface area contributed by atoms with E-state index in [1.54, 1.807) is 0 Å². The Bertz CT molecular complexity index is 460. The molecule has 0 aromatic carbocycles. The molecule has 98 valence electrons. The van der Waals surface area contributed by atoms with Gasteiger partial charge >= 0.3 is 12.1 Å². The van der Waals surface area contributed by atoms with E-state index in [1.165, 1.54) is 0 Å². The molecule has 2 N–H and O–H groups in total. The van der Waals surface area contributed by atoms with Gasteiger partial charge < -0.3 is 10.4 Å². The summed E-state index contributed by atoms with van der Waals surface area (Å²) in [5.41, 5.74) is -1.92. The summed E-state index contributed by atoms with van der Waals surface area (Å²) in [6.45, 7) is -0.262. The van der Waals surface area contributed by atoms with Crippen molar-refractivity contribution < 1.29 is 27.9 Å². The lowest BCUT2D eigenvalue weighted by molar-refractivity contribution is -0.138. The fraction of sp³-hybridized carbons (Fsp3) is 0.300. The summed E-state index contributed by atoms with van der Waals surface area (Å²) in [5, 5.41) is 10.4. The highest BCUT2D eigenvalue weighted by Crippen LogP contribution is 2.30. The van der Waals surface area contributed by atoms with Gasteiger partial charge in [-0.25, -0.2) is 0 Å². The molecule has 0 unspecified atom stereocenters. The number of aromatic nitrogens is 1. The third kappa shape index (κ3) is 3.72. The Labute approximate surface area is 99.6 Å².